The van der Waals surface area contributed by atoms with E-state index in [0.717, 1.165) is 12.1 Å². The van der Waals surface area contributed by atoms with Crippen molar-refractivity contribution in [1.82, 2.24) is 4.31 Å². The van der Waals surface area contributed by atoms with E-state index in [2.05, 4.69) is 0 Å². The molecule has 1 rings (SSSR count). The van der Waals surface area contributed by atoms with Crippen molar-refractivity contribution in [2.45, 2.75) is 18.7 Å². The van der Waals surface area contributed by atoms with Gasteiger partial charge in [0.15, 0.2) is 0 Å². The minimum Gasteiger partial charge on any atom is -0.480 e. The summed E-state index contributed by atoms with van der Waals surface area (Å²) < 4.78 is 38.4. The van der Waals surface area contributed by atoms with Crippen LogP contribution in [0, 0.1) is 19.7 Å². The normalized spacial score (nSPS) is 11.6. The average molecular weight is 319 g/mol. The zero-order valence-electron chi connectivity index (χ0n) is 11.3. The Morgan fingerprint density at radius 3 is 1.81 bits per heavy atom. The van der Waals surface area contributed by atoms with Gasteiger partial charge in [-0.1, -0.05) is 0 Å². The predicted octanol–water partition coefficient (Wildman–Crippen LogP) is 0.602. The third-order valence-corrected chi connectivity index (χ3v) is 4.74. The van der Waals surface area contributed by atoms with Crippen LogP contribution in [0.25, 0.3) is 0 Å². The number of rotatable bonds is 6. The highest BCUT2D eigenvalue weighted by Gasteiger charge is 2.31. The Morgan fingerprint density at radius 2 is 1.48 bits per heavy atom. The summed E-state index contributed by atoms with van der Waals surface area (Å²) in [6.45, 7) is 0.709. The Balaban J connectivity index is 3.42. The molecule has 0 spiro atoms. The van der Waals surface area contributed by atoms with Gasteiger partial charge in [0.1, 0.15) is 18.9 Å². The molecule has 9 heteroatoms. The van der Waals surface area contributed by atoms with Crippen LogP contribution < -0.4 is 0 Å². The maximum Gasteiger partial charge on any atom is 0.318 e. The maximum absolute atomic E-state index is 13.2. The van der Waals surface area contributed by atoms with Gasteiger partial charge in [-0.15, -0.1) is 0 Å². The lowest BCUT2D eigenvalue weighted by molar-refractivity contribution is -0.139. The number of sulfonamides is 1. The van der Waals surface area contributed by atoms with Crippen molar-refractivity contribution in [2.24, 2.45) is 0 Å². The van der Waals surface area contributed by atoms with Gasteiger partial charge in [0.2, 0.25) is 10.0 Å². The molecule has 0 fully saturated rings. The molecule has 21 heavy (non-hydrogen) atoms. The zero-order valence-corrected chi connectivity index (χ0v) is 12.1. The molecule has 0 aliphatic rings. The highest BCUT2D eigenvalue weighted by atomic mass is 32.2. The van der Waals surface area contributed by atoms with E-state index in [1.54, 1.807) is 0 Å². The van der Waals surface area contributed by atoms with Crippen LogP contribution in [0.1, 0.15) is 11.1 Å². The van der Waals surface area contributed by atoms with Crippen LogP contribution in [0.3, 0.4) is 0 Å². The molecule has 0 bridgehead atoms. The molecule has 0 amide bonds. The van der Waals surface area contributed by atoms with E-state index in [1.165, 1.54) is 13.8 Å². The first-order valence-electron chi connectivity index (χ1n) is 5.76. The second kappa shape index (κ2) is 6.19. The first-order valence-corrected chi connectivity index (χ1v) is 7.20. The van der Waals surface area contributed by atoms with Gasteiger partial charge in [0.25, 0.3) is 0 Å². The lowest BCUT2D eigenvalue weighted by Gasteiger charge is -2.21. The predicted molar refractivity (Wildman–Crippen MR) is 69.9 cm³/mol. The fourth-order valence-electron chi connectivity index (χ4n) is 1.96. The van der Waals surface area contributed by atoms with Crippen molar-refractivity contribution in [3.05, 3.63) is 29.1 Å². The van der Waals surface area contributed by atoms with E-state index in [4.69, 9.17) is 10.2 Å². The first kappa shape index (κ1) is 17.1. The van der Waals surface area contributed by atoms with Crippen LogP contribution in [0.2, 0.25) is 0 Å². The molecule has 2 N–H and O–H groups in total. The van der Waals surface area contributed by atoms with Gasteiger partial charge in [0.05, 0.1) is 4.90 Å². The molecular weight excluding hydrogens is 305 g/mol. The molecule has 1 aromatic carbocycles. The van der Waals surface area contributed by atoms with E-state index in [-0.39, 0.29) is 16.0 Å². The van der Waals surface area contributed by atoms with Crippen molar-refractivity contribution in [2.75, 3.05) is 13.1 Å². The van der Waals surface area contributed by atoms with Crippen LogP contribution in [0.4, 0.5) is 4.39 Å². The minimum absolute atomic E-state index is 0.0771. The van der Waals surface area contributed by atoms with Crippen LogP contribution in [0.15, 0.2) is 17.0 Å². The monoisotopic (exact) mass is 319 g/mol. The smallest absolute Gasteiger partial charge is 0.318 e. The maximum atomic E-state index is 13.2. The number of hydrogen-bond donors (Lipinski definition) is 2. The molecule has 0 saturated heterocycles. The largest absolute Gasteiger partial charge is 0.480 e. The third-order valence-electron chi connectivity index (χ3n) is 2.65. The number of aryl methyl sites for hydroxylation is 2. The Labute approximate surface area is 120 Å². The molecule has 116 valence electrons. The number of nitrogens with zero attached hydrogens (tertiary/aromatic N) is 1. The fraction of sp³-hybridized carbons (Fsp3) is 0.333. The quantitative estimate of drug-likeness (QED) is 0.794. The minimum atomic E-state index is -4.36. The van der Waals surface area contributed by atoms with Gasteiger partial charge in [-0.3, -0.25) is 9.59 Å². The average Bonchev–Trinajstić information content (AvgIpc) is 2.24. The van der Waals surface area contributed by atoms with E-state index >= 15 is 0 Å². The van der Waals surface area contributed by atoms with Crippen LogP contribution >= 0.6 is 0 Å². The molecule has 0 unspecified atom stereocenters. The molecule has 0 aliphatic carbocycles. The summed E-state index contributed by atoms with van der Waals surface area (Å²) in [6, 6.07) is 1.97. The number of aliphatic carboxylic acids is 2. The highest BCUT2D eigenvalue weighted by Crippen LogP contribution is 2.24. The van der Waals surface area contributed by atoms with Gasteiger partial charge in [0, 0.05) is 0 Å². The second-order valence-electron chi connectivity index (χ2n) is 4.43. The molecule has 0 aromatic heterocycles. The van der Waals surface area contributed by atoms with Gasteiger partial charge in [-0.25, -0.2) is 12.8 Å². The number of carboxylic acid groups (broad SMARTS) is 2. The molecule has 0 atom stereocenters. The SMILES string of the molecule is Cc1cc(F)cc(C)c1S(=O)(=O)N(CC(=O)O)CC(=O)O. The van der Waals surface area contributed by atoms with Gasteiger partial charge < -0.3 is 10.2 Å². The van der Waals surface area contributed by atoms with Gasteiger partial charge >= 0.3 is 11.9 Å². The van der Waals surface area contributed by atoms with Crippen LogP contribution in [-0.4, -0.2) is 48.0 Å². The van der Waals surface area contributed by atoms with Crippen molar-refractivity contribution < 1.29 is 32.6 Å². The lowest BCUT2D eigenvalue weighted by Crippen LogP contribution is -2.39. The van der Waals surface area contributed by atoms with E-state index in [0.29, 0.717) is 4.31 Å². The molecular formula is C12H14FNO6S. The molecule has 0 radical (unpaired) electrons. The van der Waals surface area contributed by atoms with E-state index in [9.17, 15) is 22.4 Å². The molecule has 0 saturated carbocycles. The molecule has 0 aliphatic heterocycles. The summed E-state index contributed by atoms with van der Waals surface area (Å²) in [7, 11) is -4.36. The lowest BCUT2D eigenvalue weighted by atomic mass is 10.1. The van der Waals surface area contributed by atoms with Gasteiger partial charge in [-0.05, 0) is 37.1 Å². The van der Waals surface area contributed by atoms with E-state index in [1.807, 2.05) is 0 Å². The number of halogens is 1. The molecule has 1 aromatic rings. The second-order valence-corrected chi connectivity index (χ2v) is 6.30. The first-order chi connectivity index (χ1) is 9.55. The Morgan fingerprint density at radius 1 is 1.10 bits per heavy atom. The van der Waals surface area contributed by atoms with Crippen molar-refractivity contribution in [3.63, 3.8) is 0 Å². The fourth-order valence-corrected chi connectivity index (χ4v) is 3.71. The topological polar surface area (TPSA) is 112 Å². The van der Waals surface area contributed by atoms with Crippen molar-refractivity contribution in [1.29, 1.82) is 0 Å². The van der Waals surface area contributed by atoms with Crippen LogP contribution in [-0.2, 0) is 19.6 Å². The number of carbonyl (C=O) groups is 2. The Kier molecular flexibility index (Phi) is 5.02. The van der Waals surface area contributed by atoms with Gasteiger partial charge in [-0.2, -0.15) is 4.31 Å². The van der Waals surface area contributed by atoms with Crippen molar-refractivity contribution in [3.8, 4) is 0 Å². The van der Waals surface area contributed by atoms with Crippen molar-refractivity contribution >= 4 is 22.0 Å². The Bertz CT molecular complexity index is 646. The van der Waals surface area contributed by atoms with Crippen LogP contribution in [0.5, 0.6) is 0 Å². The Hall–Kier alpha value is -2.00. The summed E-state index contributed by atoms with van der Waals surface area (Å²) >= 11 is 0. The summed E-state index contributed by atoms with van der Waals surface area (Å²) in [5, 5.41) is 17.5. The zero-order chi connectivity index (χ0) is 16.4. The summed E-state index contributed by atoms with van der Waals surface area (Å²) in [5.74, 6) is -3.61. The number of carboxylic acids is 2. The summed E-state index contributed by atoms with van der Waals surface area (Å²) in [4.78, 5) is 21.2. The molecule has 0 heterocycles. The summed E-state index contributed by atoms with van der Waals surface area (Å²) in [5.41, 5.74) is 0.154. The standard InChI is InChI=1S/C12H14FNO6S/c1-7-3-9(13)4-8(2)12(7)21(19,20)14(5-10(15)16)6-11(17)18/h3-4H,5-6H2,1-2H3,(H,15,16)(H,17,18). The molecule has 7 nitrogen and oxygen atoms in total. The number of benzene rings is 1. The highest BCUT2D eigenvalue weighted by molar-refractivity contribution is 7.89. The number of hydrogen-bond acceptors (Lipinski definition) is 4. The van der Waals surface area contributed by atoms with E-state index < -0.39 is 40.9 Å². The summed E-state index contributed by atoms with van der Waals surface area (Å²) in [6.07, 6.45) is 0. The third kappa shape index (κ3) is 3.99.